The molecule has 0 unspecified atom stereocenters. The van der Waals surface area contributed by atoms with E-state index in [1.807, 2.05) is 60.7 Å². The molecule has 4 nitrogen and oxygen atoms in total. The van der Waals surface area contributed by atoms with Crippen LogP contribution in [0.2, 0.25) is 0 Å². The standard InChI is InChI=1S/C55H69FO4/c1-51(2,3)41-21-31-16-33-23-42(52(4,5)6)25-35(47(33)57)18-37-27-44(54(10,11)12)29-39(49(37)59)20-40-30-45(55(13,14)15)28-38(50(40)60)19-36-26-43(53(7,8)9)24-34(48(36)58)17-32(22-41)46(31)56/h21-30,57-60H,16-20H2,1-15H3. The minimum atomic E-state index is -0.359. The molecule has 0 aliphatic heterocycles. The highest BCUT2D eigenvalue weighted by atomic mass is 19.1. The van der Waals surface area contributed by atoms with Crippen molar-refractivity contribution in [3.05, 3.63) is 150 Å². The maximum absolute atomic E-state index is 17.3. The first-order valence-electron chi connectivity index (χ1n) is 21.6. The number of benzene rings is 5. The topological polar surface area (TPSA) is 80.9 Å². The van der Waals surface area contributed by atoms with Crippen LogP contribution in [0.3, 0.4) is 0 Å². The van der Waals surface area contributed by atoms with E-state index in [0.29, 0.717) is 55.6 Å². The van der Waals surface area contributed by atoms with Crippen molar-refractivity contribution in [2.45, 2.75) is 163 Å². The van der Waals surface area contributed by atoms with E-state index in [4.69, 9.17) is 0 Å². The Kier molecular flexibility index (Phi) is 11.4. The molecule has 5 heteroatoms. The molecule has 4 N–H and O–H groups in total. The Bertz CT molecular complexity index is 1950. The Morgan fingerprint density at radius 1 is 0.283 bits per heavy atom. The number of halogens is 1. The van der Waals surface area contributed by atoms with Crippen LogP contribution in [0.5, 0.6) is 23.0 Å². The average molecular weight is 813 g/mol. The Labute approximate surface area is 359 Å². The van der Waals surface area contributed by atoms with Crippen LogP contribution >= 0.6 is 0 Å². The molecule has 1 aliphatic carbocycles. The summed E-state index contributed by atoms with van der Waals surface area (Å²) in [5, 5.41) is 48.9. The van der Waals surface area contributed by atoms with E-state index >= 15 is 4.39 Å². The molecule has 5 aromatic carbocycles. The Morgan fingerprint density at radius 2 is 0.417 bits per heavy atom. The zero-order valence-electron chi connectivity index (χ0n) is 39.0. The van der Waals surface area contributed by atoms with Gasteiger partial charge < -0.3 is 20.4 Å². The van der Waals surface area contributed by atoms with Gasteiger partial charge in [-0.15, -0.1) is 0 Å². The predicted octanol–water partition coefficient (Wildman–Crippen LogP) is 13.4. The minimum Gasteiger partial charge on any atom is -0.507 e. The molecule has 1 aliphatic rings. The Balaban J connectivity index is 1.74. The zero-order chi connectivity index (χ0) is 44.7. The van der Waals surface area contributed by atoms with Crippen LogP contribution in [-0.2, 0) is 59.2 Å². The minimum absolute atomic E-state index is 0.0851. The lowest BCUT2D eigenvalue weighted by molar-refractivity contribution is 0.451. The summed E-state index contributed by atoms with van der Waals surface area (Å²) in [7, 11) is 0. The van der Waals surface area contributed by atoms with Crippen molar-refractivity contribution >= 4 is 0 Å². The molecule has 0 radical (unpaired) electrons. The number of phenolic OH excluding ortho intramolecular Hbond substituents is 4. The largest absolute Gasteiger partial charge is 0.507 e. The molecule has 10 bridgehead atoms. The van der Waals surface area contributed by atoms with E-state index in [-0.39, 0.29) is 88.0 Å². The first-order chi connectivity index (χ1) is 27.4. The summed E-state index contributed by atoms with van der Waals surface area (Å²) in [6.07, 6.45) is 1.10. The maximum atomic E-state index is 17.3. The van der Waals surface area contributed by atoms with Crippen LogP contribution in [0, 0.1) is 5.82 Å². The van der Waals surface area contributed by atoms with Crippen LogP contribution in [-0.4, -0.2) is 20.4 Å². The van der Waals surface area contributed by atoms with Gasteiger partial charge in [0.15, 0.2) is 0 Å². The summed E-state index contributed by atoms with van der Waals surface area (Å²) in [4.78, 5) is 0. The van der Waals surface area contributed by atoms with Gasteiger partial charge in [0, 0.05) is 32.1 Å². The second kappa shape index (κ2) is 15.3. The van der Waals surface area contributed by atoms with Crippen molar-refractivity contribution < 1.29 is 24.8 Å². The Morgan fingerprint density at radius 3 is 0.567 bits per heavy atom. The second-order valence-electron chi connectivity index (χ2n) is 22.8. The van der Waals surface area contributed by atoms with Gasteiger partial charge in [-0.2, -0.15) is 0 Å². The molecule has 0 spiro atoms. The van der Waals surface area contributed by atoms with Gasteiger partial charge >= 0.3 is 0 Å². The van der Waals surface area contributed by atoms with E-state index in [1.54, 1.807) is 0 Å². The predicted molar refractivity (Wildman–Crippen MR) is 246 cm³/mol. The SMILES string of the molecule is CC(C)(C)c1cc2c(O)c(c1)Cc1cc(C(C)(C)C)cc(c1O)Cc1cc(C(C)(C)C)cc(c1F)Cc1cc(C(C)(C)C)cc(c1O)Cc1cc(C(C)(C)C)cc(c1O)C2. The number of hydrogen-bond donors (Lipinski definition) is 4. The van der Waals surface area contributed by atoms with Gasteiger partial charge in [0.2, 0.25) is 0 Å². The summed E-state index contributed by atoms with van der Waals surface area (Å²) in [6, 6.07) is 20.0. The van der Waals surface area contributed by atoms with Gasteiger partial charge in [-0.25, -0.2) is 4.39 Å². The molecule has 0 heterocycles. The number of fused-ring (bicyclic) bond motifs is 10. The summed E-state index contributed by atoms with van der Waals surface area (Å²) in [6.45, 7) is 32.0. The third kappa shape index (κ3) is 9.26. The fourth-order valence-corrected chi connectivity index (χ4v) is 8.32. The van der Waals surface area contributed by atoms with Crippen LogP contribution in [0.15, 0.2) is 60.7 Å². The van der Waals surface area contributed by atoms with Gasteiger partial charge in [-0.3, -0.25) is 0 Å². The van der Waals surface area contributed by atoms with E-state index in [1.165, 1.54) is 0 Å². The van der Waals surface area contributed by atoms with Crippen LogP contribution in [0.1, 0.15) is 187 Å². The highest BCUT2D eigenvalue weighted by Crippen LogP contribution is 2.43. The molecule has 6 rings (SSSR count). The van der Waals surface area contributed by atoms with E-state index < -0.39 is 0 Å². The fourth-order valence-electron chi connectivity index (χ4n) is 8.32. The summed E-state index contributed by atoms with van der Waals surface area (Å²) >= 11 is 0. The van der Waals surface area contributed by atoms with Gasteiger partial charge in [0.25, 0.3) is 0 Å². The normalized spacial score (nSPS) is 14.3. The molecule has 0 aromatic heterocycles. The van der Waals surface area contributed by atoms with Crippen LogP contribution in [0.25, 0.3) is 0 Å². The van der Waals surface area contributed by atoms with E-state index in [9.17, 15) is 20.4 Å². The van der Waals surface area contributed by atoms with Crippen molar-refractivity contribution in [3.63, 3.8) is 0 Å². The highest BCUT2D eigenvalue weighted by molar-refractivity contribution is 5.58. The second-order valence-corrected chi connectivity index (χ2v) is 22.8. The van der Waals surface area contributed by atoms with Gasteiger partial charge in [0.1, 0.15) is 28.8 Å². The lowest BCUT2D eigenvalue weighted by atomic mass is 9.79. The van der Waals surface area contributed by atoms with Crippen molar-refractivity contribution in [1.29, 1.82) is 0 Å². The van der Waals surface area contributed by atoms with Crippen molar-refractivity contribution in [2.24, 2.45) is 0 Å². The lowest BCUT2D eigenvalue weighted by Crippen LogP contribution is -2.16. The molecule has 0 atom stereocenters. The number of aromatic hydroxyl groups is 4. The van der Waals surface area contributed by atoms with Gasteiger partial charge in [-0.05, 0) is 111 Å². The molecule has 0 saturated heterocycles. The zero-order valence-corrected chi connectivity index (χ0v) is 39.0. The summed E-state index contributed by atoms with van der Waals surface area (Å²) in [5.41, 5.74) is 9.77. The Hall–Kier alpha value is -4.77. The molecule has 5 aromatic rings. The van der Waals surface area contributed by atoms with Crippen LogP contribution < -0.4 is 0 Å². The molecular weight excluding hydrogens is 744 g/mol. The average Bonchev–Trinajstić information content (AvgIpc) is 3.09. The maximum Gasteiger partial charge on any atom is 0.130 e. The van der Waals surface area contributed by atoms with Crippen molar-refractivity contribution in [1.82, 2.24) is 0 Å². The third-order valence-electron chi connectivity index (χ3n) is 12.5. The first-order valence-corrected chi connectivity index (χ1v) is 21.6. The van der Waals surface area contributed by atoms with Gasteiger partial charge in [0.05, 0.1) is 0 Å². The summed E-state index contributed by atoms with van der Waals surface area (Å²) in [5.74, 6) is 0.0524. The van der Waals surface area contributed by atoms with Crippen LogP contribution in [0.4, 0.5) is 4.39 Å². The molecular formula is C55H69FO4. The first kappa shape index (κ1) is 44.8. The highest BCUT2D eigenvalue weighted by Gasteiger charge is 2.28. The third-order valence-corrected chi connectivity index (χ3v) is 12.5. The smallest absolute Gasteiger partial charge is 0.130 e. The molecule has 60 heavy (non-hydrogen) atoms. The molecule has 0 fully saturated rings. The quantitative estimate of drug-likeness (QED) is 0.123. The number of phenols is 4. The molecule has 0 amide bonds. The van der Waals surface area contributed by atoms with E-state index in [0.717, 1.165) is 27.8 Å². The monoisotopic (exact) mass is 813 g/mol. The molecule has 320 valence electrons. The van der Waals surface area contributed by atoms with Crippen molar-refractivity contribution in [3.8, 4) is 23.0 Å². The number of hydrogen-bond acceptors (Lipinski definition) is 4. The van der Waals surface area contributed by atoms with Crippen molar-refractivity contribution in [2.75, 3.05) is 0 Å². The fraction of sp³-hybridized carbons (Fsp3) is 0.455. The lowest BCUT2D eigenvalue weighted by Gasteiger charge is -2.26. The van der Waals surface area contributed by atoms with Gasteiger partial charge in [-0.1, -0.05) is 165 Å². The van der Waals surface area contributed by atoms with E-state index in [2.05, 4.69) is 104 Å². The summed E-state index contributed by atoms with van der Waals surface area (Å²) < 4.78 is 17.3. The molecule has 0 saturated carbocycles. The number of rotatable bonds is 0.